The van der Waals surface area contributed by atoms with Crippen molar-refractivity contribution in [3.63, 3.8) is 0 Å². The molecular weight excluding hydrogens is 250 g/mol. The summed E-state index contributed by atoms with van der Waals surface area (Å²) in [5, 5.41) is 8.66. The third kappa shape index (κ3) is 3.61. The zero-order valence-electron chi connectivity index (χ0n) is 12.1. The fourth-order valence-electron chi connectivity index (χ4n) is 2.62. The van der Waals surface area contributed by atoms with Gasteiger partial charge in [-0.25, -0.2) is 0 Å². The highest BCUT2D eigenvalue weighted by Gasteiger charge is 2.29. The Morgan fingerprint density at radius 2 is 2.05 bits per heavy atom. The second kappa shape index (κ2) is 6.11. The highest BCUT2D eigenvalue weighted by atomic mass is 16.2. The zero-order valence-corrected chi connectivity index (χ0v) is 12.1. The molecule has 0 unspecified atom stereocenters. The Morgan fingerprint density at radius 1 is 1.35 bits per heavy atom. The van der Waals surface area contributed by atoms with Crippen LogP contribution in [0.4, 0.5) is 0 Å². The van der Waals surface area contributed by atoms with E-state index in [0.29, 0.717) is 5.56 Å². The largest absolute Gasteiger partial charge is 0.384 e. The van der Waals surface area contributed by atoms with Crippen LogP contribution in [-0.4, -0.2) is 35.6 Å². The molecule has 1 heterocycles. The van der Waals surface area contributed by atoms with E-state index < -0.39 is 0 Å². The highest BCUT2D eigenvalue weighted by Crippen LogP contribution is 2.29. The van der Waals surface area contributed by atoms with Gasteiger partial charge in [0.15, 0.2) is 0 Å². The van der Waals surface area contributed by atoms with Crippen LogP contribution in [0.25, 0.3) is 0 Å². The average molecular weight is 271 g/mol. The molecule has 0 aliphatic carbocycles. The maximum absolute atomic E-state index is 12.5. The van der Waals surface area contributed by atoms with E-state index in [-0.39, 0.29) is 17.9 Å². The summed E-state index contributed by atoms with van der Waals surface area (Å²) in [6.07, 6.45) is 2.24. The lowest BCUT2D eigenvalue weighted by molar-refractivity contribution is 0.0583. The summed E-state index contributed by atoms with van der Waals surface area (Å²) in [5.74, 6) is 5.52. The summed E-state index contributed by atoms with van der Waals surface area (Å²) in [5.41, 5.74) is 1.73. The molecule has 1 aliphatic heterocycles. The molecule has 0 spiro atoms. The molecule has 0 saturated carbocycles. The summed E-state index contributed by atoms with van der Waals surface area (Å²) in [7, 11) is 0. The molecule has 3 heteroatoms. The maximum Gasteiger partial charge on any atom is 0.253 e. The van der Waals surface area contributed by atoms with E-state index in [1.807, 2.05) is 29.2 Å². The SMILES string of the molecule is CC1(C)CCCN(C(=O)c2ccc(C#CCO)cc2)C1. The second-order valence-corrected chi connectivity index (χ2v) is 6.03. The normalized spacial score (nSPS) is 17.2. The molecule has 1 amide bonds. The highest BCUT2D eigenvalue weighted by molar-refractivity contribution is 5.94. The first-order valence-corrected chi connectivity index (χ1v) is 7.01. The first kappa shape index (κ1) is 14.6. The Bertz CT molecular complexity index is 534. The van der Waals surface area contributed by atoms with Crippen LogP contribution < -0.4 is 0 Å². The van der Waals surface area contributed by atoms with Crippen molar-refractivity contribution in [1.29, 1.82) is 0 Å². The van der Waals surface area contributed by atoms with Crippen molar-refractivity contribution in [2.45, 2.75) is 26.7 Å². The maximum atomic E-state index is 12.5. The van der Waals surface area contributed by atoms with E-state index >= 15 is 0 Å². The summed E-state index contributed by atoms with van der Waals surface area (Å²) < 4.78 is 0. The van der Waals surface area contributed by atoms with Crippen molar-refractivity contribution in [3.05, 3.63) is 35.4 Å². The summed E-state index contributed by atoms with van der Waals surface area (Å²) in [4.78, 5) is 14.4. The number of carbonyl (C=O) groups excluding carboxylic acids is 1. The number of likely N-dealkylation sites (tertiary alicyclic amines) is 1. The molecule has 0 radical (unpaired) electrons. The number of piperidine rings is 1. The Labute approximate surface area is 120 Å². The van der Waals surface area contributed by atoms with Gasteiger partial charge >= 0.3 is 0 Å². The van der Waals surface area contributed by atoms with Crippen LogP contribution in [0, 0.1) is 17.3 Å². The first-order valence-electron chi connectivity index (χ1n) is 7.01. The number of amides is 1. The minimum absolute atomic E-state index is 0.0967. The third-order valence-electron chi connectivity index (χ3n) is 3.63. The van der Waals surface area contributed by atoms with Crippen molar-refractivity contribution in [3.8, 4) is 11.8 Å². The summed E-state index contributed by atoms with van der Waals surface area (Å²) in [6.45, 7) is 5.93. The van der Waals surface area contributed by atoms with Crippen molar-refractivity contribution in [2.24, 2.45) is 5.41 Å². The minimum Gasteiger partial charge on any atom is -0.384 e. The van der Waals surface area contributed by atoms with Crippen LogP contribution >= 0.6 is 0 Å². The standard InChI is InChI=1S/C17H21NO2/c1-17(2)10-4-11-18(13-17)16(20)15-8-6-14(7-9-15)5-3-12-19/h6-9,19H,4,10-13H2,1-2H3. The average Bonchev–Trinajstić information content (AvgIpc) is 2.44. The third-order valence-corrected chi connectivity index (χ3v) is 3.63. The van der Waals surface area contributed by atoms with Gasteiger partial charge in [0.25, 0.3) is 5.91 Å². The van der Waals surface area contributed by atoms with Gasteiger partial charge in [-0.2, -0.15) is 0 Å². The van der Waals surface area contributed by atoms with Crippen LogP contribution in [0.1, 0.15) is 42.6 Å². The van der Waals surface area contributed by atoms with Gasteiger partial charge in [0, 0.05) is 24.2 Å². The molecule has 0 aromatic heterocycles. The molecule has 0 bridgehead atoms. The topological polar surface area (TPSA) is 40.5 Å². The quantitative estimate of drug-likeness (QED) is 0.796. The van der Waals surface area contributed by atoms with E-state index in [0.717, 1.165) is 25.1 Å². The van der Waals surface area contributed by atoms with E-state index in [1.54, 1.807) is 0 Å². The van der Waals surface area contributed by atoms with E-state index in [1.165, 1.54) is 6.42 Å². The molecule has 1 aromatic carbocycles. The summed E-state index contributed by atoms with van der Waals surface area (Å²) >= 11 is 0. The molecule has 106 valence electrons. The van der Waals surface area contributed by atoms with Gasteiger partial charge in [-0.3, -0.25) is 4.79 Å². The Hall–Kier alpha value is -1.79. The fraction of sp³-hybridized carbons (Fsp3) is 0.471. The van der Waals surface area contributed by atoms with Crippen LogP contribution in [0.2, 0.25) is 0 Å². The van der Waals surface area contributed by atoms with Crippen LogP contribution in [0.5, 0.6) is 0 Å². The lowest BCUT2D eigenvalue weighted by Crippen LogP contribution is -2.43. The van der Waals surface area contributed by atoms with Crippen molar-refractivity contribution < 1.29 is 9.90 Å². The number of rotatable bonds is 1. The second-order valence-electron chi connectivity index (χ2n) is 6.03. The fourth-order valence-corrected chi connectivity index (χ4v) is 2.62. The number of nitrogens with zero attached hydrogens (tertiary/aromatic N) is 1. The number of aliphatic hydroxyl groups is 1. The Balaban J connectivity index is 2.09. The van der Waals surface area contributed by atoms with Crippen LogP contribution in [0.15, 0.2) is 24.3 Å². The van der Waals surface area contributed by atoms with Crippen LogP contribution in [-0.2, 0) is 0 Å². The molecule has 20 heavy (non-hydrogen) atoms. The number of aliphatic hydroxyl groups excluding tert-OH is 1. The summed E-state index contributed by atoms with van der Waals surface area (Å²) in [6, 6.07) is 7.27. The van der Waals surface area contributed by atoms with Crippen molar-refractivity contribution in [2.75, 3.05) is 19.7 Å². The Kier molecular flexibility index (Phi) is 4.46. The molecule has 3 nitrogen and oxygen atoms in total. The first-order chi connectivity index (χ1) is 9.52. The molecule has 1 aromatic rings. The van der Waals surface area contributed by atoms with Crippen molar-refractivity contribution >= 4 is 5.91 Å². The Morgan fingerprint density at radius 3 is 2.65 bits per heavy atom. The number of hydrogen-bond donors (Lipinski definition) is 1. The number of hydrogen-bond acceptors (Lipinski definition) is 2. The predicted molar refractivity (Wildman–Crippen MR) is 79.3 cm³/mol. The van der Waals surface area contributed by atoms with E-state index in [9.17, 15) is 4.79 Å². The van der Waals surface area contributed by atoms with Gasteiger partial charge < -0.3 is 10.0 Å². The molecule has 1 fully saturated rings. The van der Waals surface area contributed by atoms with Gasteiger partial charge in [-0.05, 0) is 42.5 Å². The van der Waals surface area contributed by atoms with Crippen molar-refractivity contribution in [1.82, 2.24) is 4.90 Å². The van der Waals surface area contributed by atoms with Gasteiger partial charge in [-0.15, -0.1) is 0 Å². The van der Waals surface area contributed by atoms with Gasteiger partial charge in [-0.1, -0.05) is 25.7 Å². The lowest BCUT2D eigenvalue weighted by Gasteiger charge is -2.38. The molecule has 0 atom stereocenters. The monoisotopic (exact) mass is 271 g/mol. The zero-order chi connectivity index (χ0) is 14.6. The van der Waals surface area contributed by atoms with Gasteiger partial charge in [0.2, 0.25) is 0 Å². The lowest BCUT2D eigenvalue weighted by atomic mass is 9.84. The van der Waals surface area contributed by atoms with E-state index in [4.69, 9.17) is 5.11 Å². The smallest absolute Gasteiger partial charge is 0.253 e. The van der Waals surface area contributed by atoms with Gasteiger partial charge in [0.05, 0.1) is 0 Å². The molecule has 1 saturated heterocycles. The van der Waals surface area contributed by atoms with E-state index in [2.05, 4.69) is 25.7 Å². The molecule has 1 aliphatic rings. The van der Waals surface area contributed by atoms with Gasteiger partial charge in [0.1, 0.15) is 6.61 Å². The predicted octanol–water partition coefficient (Wildman–Crippen LogP) is 2.29. The van der Waals surface area contributed by atoms with Crippen LogP contribution in [0.3, 0.4) is 0 Å². The molecular formula is C17H21NO2. The molecule has 2 rings (SSSR count). The minimum atomic E-state index is -0.149. The number of carbonyl (C=O) groups is 1. The molecule has 1 N–H and O–H groups in total. The number of benzene rings is 1.